The summed E-state index contributed by atoms with van der Waals surface area (Å²) >= 11 is 0. The van der Waals surface area contributed by atoms with E-state index in [4.69, 9.17) is 0 Å². The molecule has 1 atom stereocenters. The molecule has 1 aliphatic heterocycles. The molecule has 23 heavy (non-hydrogen) atoms. The van der Waals surface area contributed by atoms with Crippen molar-refractivity contribution in [2.75, 3.05) is 11.9 Å². The van der Waals surface area contributed by atoms with Gasteiger partial charge in [-0.15, -0.1) is 0 Å². The molecule has 0 radical (unpaired) electrons. The fourth-order valence-corrected chi connectivity index (χ4v) is 2.54. The van der Waals surface area contributed by atoms with Crippen molar-refractivity contribution in [3.8, 4) is 0 Å². The van der Waals surface area contributed by atoms with Crippen LogP contribution in [-0.2, 0) is 0 Å². The zero-order valence-corrected chi connectivity index (χ0v) is 12.2. The van der Waals surface area contributed by atoms with Gasteiger partial charge in [0.05, 0.1) is 22.4 Å². The van der Waals surface area contributed by atoms with Crippen LogP contribution in [0.3, 0.4) is 0 Å². The number of carbonyl (C=O) groups is 1. The van der Waals surface area contributed by atoms with Crippen LogP contribution in [0.1, 0.15) is 40.7 Å². The third-order valence-electron chi connectivity index (χ3n) is 3.78. The van der Waals surface area contributed by atoms with Crippen LogP contribution in [0.15, 0.2) is 36.4 Å². The summed E-state index contributed by atoms with van der Waals surface area (Å²) in [6.45, 7) is 0.751. The van der Waals surface area contributed by atoms with Gasteiger partial charge in [-0.25, -0.2) is 4.98 Å². The minimum Gasteiger partial charge on any atom is -0.387 e. The third-order valence-corrected chi connectivity index (χ3v) is 3.78. The smallest absolute Gasteiger partial charge is 0.269 e. The summed E-state index contributed by atoms with van der Waals surface area (Å²) in [5.74, 6) is -0.334. The molecule has 0 saturated carbocycles. The average Bonchev–Trinajstić information content (AvgIpc) is 2.75. The van der Waals surface area contributed by atoms with Gasteiger partial charge >= 0.3 is 0 Å². The van der Waals surface area contributed by atoms with Crippen molar-refractivity contribution in [3.63, 3.8) is 0 Å². The molecule has 7 nitrogen and oxygen atoms in total. The van der Waals surface area contributed by atoms with Crippen LogP contribution in [0.2, 0.25) is 0 Å². The number of nitrogens with one attached hydrogen (secondary N) is 1. The van der Waals surface area contributed by atoms with Gasteiger partial charge in [-0.3, -0.25) is 14.9 Å². The SMILES string of the molecule is O=C(c1ccc([N+](=O)[O-])cc1)c1ccc2c(n1)C(O)CCCN2. The fraction of sp³-hybridized carbons (Fsp3) is 0.250. The van der Waals surface area contributed by atoms with Crippen LogP contribution in [0.5, 0.6) is 0 Å². The summed E-state index contributed by atoms with van der Waals surface area (Å²) in [5, 5.41) is 24.0. The lowest BCUT2D eigenvalue weighted by Gasteiger charge is -2.12. The fourth-order valence-electron chi connectivity index (χ4n) is 2.54. The first kappa shape index (κ1) is 15.1. The number of aliphatic hydroxyl groups excluding tert-OH is 1. The third kappa shape index (κ3) is 3.04. The molecule has 3 rings (SSSR count). The first-order valence-corrected chi connectivity index (χ1v) is 7.28. The number of fused-ring (bicyclic) bond motifs is 1. The topological polar surface area (TPSA) is 105 Å². The number of anilines is 1. The molecule has 118 valence electrons. The molecule has 2 heterocycles. The molecule has 0 aliphatic carbocycles. The molecule has 1 aliphatic rings. The van der Waals surface area contributed by atoms with Gasteiger partial charge < -0.3 is 10.4 Å². The van der Waals surface area contributed by atoms with Crippen molar-refractivity contribution in [1.82, 2.24) is 4.98 Å². The van der Waals surface area contributed by atoms with E-state index in [1.807, 2.05) is 0 Å². The van der Waals surface area contributed by atoms with Crippen LogP contribution in [0.4, 0.5) is 11.4 Å². The molecular weight excluding hydrogens is 298 g/mol. The van der Waals surface area contributed by atoms with Gasteiger partial charge in [-0.1, -0.05) is 0 Å². The maximum absolute atomic E-state index is 12.5. The molecule has 0 spiro atoms. The summed E-state index contributed by atoms with van der Waals surface area (Å²) < 4.78 is 0. The van der Waals surface area contributed by atoms with E-state index >= 15 is 0 Å². The van der Waals surface area contributed by atoms with Crippen molar-refractivity contribution >= 4 is 17.2 Å². The predicted octanol–water partition coefficient (Wildman–Crippen LogP) is 2.46. The first-order chi connectivity index (χ1) is 11.1. The van der Waals surface area contributed by atoms with Gasteiger partial charge in [0.1, 0.15) is 5.69 Å². The lowest BCUT2D eigenvalue weighted by Crippen LogP contribution is -2.09. The normalized spacial score (nSPS) is 16.8. The summed E-state index contributed by atoms with van der Waals surface area (Å²) in [6.07, 6.45) is 0.704. The Morgan fingerprint density at radius 2 is 2.00 bits per heavy atom. The van der Waals surface area contributed by atoms with E-state index in [2.05, 4.69) is 10.3 Å². The number of rotatable bonds is 3. The molecule has 0 bridgehead atoms. The van der Waals surface area contributed by atoms with Gasteiger partial charge in [0.25, 0.3) is 5.69 Å². The van der Waals surface area contributed by atoms with E-state index in [-0.39, 0.29) is 17.2 Å². The van der Waals surface area contributed by atoms with Gasteiger partial charge in [-0.2, -0.15) is 0 Å². The number of aliphatic hydroxyl groups is 1. The van der Waals surface area contributed by atoms with Crippen LogP contribution in [0, 0.1) is 10.1 Å². The summed E-state index contributed by atoms with van der Waals surface area (Å²) in [6, 6.07) is 8.70. The Morgan fingerprint density at radius 1 is 1.26 bits per heavy atom. The average molecular weight is 313 g/mol. The van der Waals surface area contributed by atoms with Gasteiger partial charge in [-0.05, 0) is 37.1 Å². The number of ketones is 1. The Bertz CT molecular complexity index is 758. The highest BCUT2D eigenvalue weighted by Gasteiger charge is 2.20. The highest BCUT2D eigenvalue weighted by atomic mass is 16.6. The molecule has 1 unspecified atom stereocenters. The molecule has 0 amide bonds. The predicted molar refractivity (Wildman–Crippen MR) is 83.4 cm³/mol. The summed E-state index contributed by atoms with van der Waals surface area (Å²) in [4.78, 5) is 26.9. The van der Waals surface area contributed by atoms with Crippen molar-refractivity contribution < 1.29 is 14.8 Å². The highest BCUT2D eigenvalue weighted by molar-refractivity contribution is 6.07. The molecular formula is C16H15N3O4. The van der Waals surface area contributed by atoms with Gasteiger partial charge in [0, 0.05) is 24.2 Å². The minimum absolute atomic E-state index is 0.0731. The summed E-state index contributed by atoms with van der Waals surface area (Å²) in [5.41, 5.74) is 1.65. The van der Waals surface area contributed by atoms with E-state index in [1.165, 1.54) is 24.3 Å². The Hall–Kier alpha value is -2.80. The van der Waals surface area contributed by atoms with Crippen molar-refractivity contribution in [1.29, 1.82) is 0 Å². The van der Waals surface area contributed by atoms with Crippen molar-refractivity contribution in [2.45, 2.75) is 18.9 Å². The van der Waals surface area contributed by atoms with Crippen LogP contribution in [-0.4, -0.2) is 27.3 Å². The van der Waals surface area contributed by atoms with E-state index in [0.717, 1.165) is 18.7 Å². The largest absolute Gasteiger partial charge is 0.387 e. The molecule has 0 saturated heterocycles. The molecule has 7 heteroatoms. The van der Waals surface area contributed by atoms with Crippen LogP contribution in [0.25, 0.3) is 0 Å². The highest BCUT2D eigenvalue weighted by Crippen LogP contribution is 2.28. The maximum atomic E-state index is 12.5. The van der Waals surface area contributed by atoms with Crippen LogP contribution < -0.4 is 5.32 Å². The Labute approximate surface area is 132 Å². The second-order valence-electron chi connectivity index (χ2n) is 5.35. The second-order valence-corrected chi connectivity index (χ2v) is 5.35. The maximum Gasteiger partial charge on any atom is 0.269 e. The number of nitro groups is 1. The van der Waals surface area contributed by atoms with Gasteiger partial charge in [0.2, 0.25) is 5.78 Å². The number of hydrogen-bond acceptors (Lipinski definition) is 6. The van der Waals surface area contributed by atoms with E-state index in [0.29, 0.717) is 17.7 Å². The Morgan fingerprint density at radius 3 is 2.70 bits per heavy atom. The lowest BCUT2D eigenvalue weighted by molar-refractivity contribution is -0.384. The standard InChI is InChI=1S/C16H15N3O4/c20-14-2-1-9-17-12-7-8-13(18-15(12)14)16(21)10-3-5-11(6-4-10)19(22)23/h3-8,14,17,20H,1-2,9H2. The summed E-state index contributed by atoms with van der Waals surface area (Å²) in [7, 11) is 0. The van der Waals surface area contributed by atoms with E-state index < -0.39 is 11.0 Å². The number of nitro benzene ring substituents is 1. The van der Waals surface area contributed by atoms with Crippen molar-refractivity contribution in [3.05, 3.63) is 63.5 Å². The zero-order chi connectivity index (χ0) is 16.4. The van der Waals surface area contributed by atoms with E-state index in [1.54, 1.807) is 12.1 Å². The monoisotopic (exact) mass is 313 g/mol. The Kier molecular flexibility index (Phi) is 4.03. The molecule has 1 aromatic heterocycles. The Balaban J connectivity index is 1.92. The number of nitrogens with zero attached hydrogens (tertiary/aromatic N) is 2. The number of aromatic nitrogens is 1. The molecule has 0 fully saturated rings. The number of carbonyl (C=O) groups excluding carboxylic acids is 1. The number of non-ortho nitro benzene ring substituents is 1. The zero-order valence-electron chi connectivity index (χ0n) is 12.2. The second kappa shape index (κ2) is 6.13. The minimum atomic E-state index is -0.704. The lowest BCUT2D eigenvalue weighted by atomic mass is 10.1. The van der Waals surface area contributed by atoms with Gasteiger partial charge in [0.15, 0.2) is 0 Å². The number of pyridine rings is 1. The molecule has 2 aromatic rings. The van der Waals surface area contributed by atoms with Crippen LogP contribution >= 0.6 is 0 Å². The first-order valence-electron chi connectivity index (χ1n) is 7.28. The quantitative estimate of drug-likeness (QED) is 0.512. The number of benzene rings is 1. The molecule has 1 aromatic carbocycles. The van der Waals surface area contributed by atoms with E-state index in [9.17, 15) is 20.0 Å². The van der Waals surface area contributed by atoms with Crippen molar-refractivity contribution in [2.24, 2.45) is 0 Å². The number of hydrogen-bond donors (Lipinski definition) is 2. The molecule has 2 N–H and O–H groups in total.